The Kier molecular flexibility index (Phi) is 11.3. The normalized spacial score (nSPS) is 15.4. The summed E-state index contributed by atoms with van der Waals surface area (Å²) in [6.07, 6.45) is 1.81. The van der Waals surface area contributed by atoms with E-state index in [1.807, 2.05) is 52.2 Å². The zero-order chi connectivity index (χ0) is 38.1. The zero-order valence-corrected chi connectivity index (χ0v) is 32.4. The molecule has 0 saturated heterocycles. The van der Waals surface area contributed by atoms with E-state index in [4.69, 9.17) is 36.0 Å². The van der Waals surface area contributed by atoms with Crippen molar-refractivity contribution in [2.24, 2.45) is 7.05 Å². The fourth-order valence-electron chi connectivity index (χ4n) is 7.60. The highest BCUT2D eigenvalue weighted by Crippen LogP contribution is 2.43. The van der Waals surface area contributed by atoms with Crippen molar-refractivity contribution in [1.29, 1.82) is 0 Å². The first kappa shape index (κ1) is 37.9. The van der Waals surface area contributed by atoms with E-state index in [0.29, 0.717) is 103 Å². The Hall–Kier alpha value is -4.40. The molecule has 1 N–H and O–H groups in total. The van der Waals surface area contributed by atoms with Gasteiger partial charge < -0.3 is 28.4 Å². The first-order chi connectivity index (χ1) is 26.0. The molecule has 11 nitrogen and oxygen atoms in total. The van der Waals surface area contributed by atoms with Gasteiger partial charge >= 0.3 is 5.97 Å². The number of nitrogens with zero attached hydrogens (tertiary/aromatic N) is 5. The summed E-state index contributed by atoms with van der Waals surface area (Å²) >= 11 is 5.65. The van der Waals surface area contributed by atoms with Crippen molar-refractivity contribution in [1.82, 2.24) is 24.1 Å². The highest BCUT2D eigenvalue weighted by atomic mass is 35.5. The van der Waals surface area contributed by atoms with Gasteiger partial charge in [0.15, 0.2) is 0 Å². The van der Waals surface area contributed by atoms with Gasteiger partial charge in [-0.2, -0.15) is 10.2 Å². The van der Waals surface area contributed by atoms with Gasteiger partial charge in [0.2, 0.25) is 0 Å². The molecule has 1 atom stereocenters. The molecule has 0 amide bonds. The molecule has 0 saturated carbocycles. The topological polar surface area (TPSA) is 129 Å². The molecule has 6 aromatic rings. The highest BCUT2D eigenvalue weighted by molar-refractivity contribution is 7.89. The molecule has 14 heteroatoms. The number of aryl methyl sites for hydroxylation is 6. The maximum atomic E-state index is 14.4. The van der Waals surface area contributed by atoms with Crippen LogP contribution in [0.15, 0.2) is 48.5 Å². The summed E-state index contributed by atoms with van der Waals surface area (Å²) in [4.78, 5) is 12.9. The van der Waals surface area contributed by atoms with Crippen LogP contribution in [-0.4, -0.2) is 73.3 Å². The van der Waals surface area contributed by atoms with Crippen LogP contribution >= 0.6 is 11.6 Å². The van der Waals surface area contributed by atoms with Crippen LogP contribution in [0.4, 0.5) is 4.39 Å². The van der Waals surface area contributed by atoms with E-state index in [0.717, 1.165) is 33.3 Å². The second kappa shape index (κ2) is 16.1. The third-order valence-corrected chi connectivity index (χ3v) is 11.5. The Balaban J connectivity index is 1.36. The van der Waals surface area contributed by atoms with E-state index in [-0.39, 0.29) is 23.0 Å². The fourth-order valence-corrected chi connectivity index (χ4v) is 9.02. The lowest BCUT2D eigenvalue weighted by Gasteiger charge is -2.16. The van der Waals surface area contributed by atoms with Crippen LogP contribution in [0.25, 0.3) is 32.8 Å². The van der Waals surface area contributed by atoms with Crippen molar-refractivity contribution in [2.75, 3.05) is 33.5 Å². The number of carboxylic acid groups (broad SMARTS) is 1. The van der Waals surface area contributed by atoms with Gasteiger partial charge in [-0.25, -0.2) is 9.18 Å². The van der Waals surface area contributed by atoms with Gasteiger partial charge in [0.05, 0.1) is 44.4 Å². The number of rotatable bonds is 7. The molecule has 3 aromatic heterocycles. The van der Waals surface area contributed by atoms with E-state index >= 15 is 0 Å². The predicted molar refractivity (Wildman–Crippen MR) is 207 cm³/mol. The predicted octanol–water partition coefficient (Wildman–Crippen LogP) is 7.18. The van der Waals surface area contributed by atoms with E-state index in [2.05, 4.69) is 0 Å². The summed E-state index contributed by atoms with van der Waals surface area (Å²) in [6.45, 7) is 5.99. The van der Waals surface area contributed by atoms with Gasteiger partial charge in [-0.05, 0) is 103 Å². The van der Waals surface area contributed by atoms with E-state index in [1.54, 1.807) is 26.2 Å². The molecule has 284 valence electrons. The summed E-state index contributed by atoms with van der Waals surface area (Å²) in [6, 6.07) is 14.3. The Bertz CT molecular complexity index is 2350. The van der Waals surface area contributed by atoms with E-state index in [9.17, 15) is 18.8 Å². The third-order valence-electron chi connectivity index (χ3n) is 10.0. The summed E-state index contributed by atoms with van der Waals surface area (Å²) < 4.78 is 51.2. The number of hydrogen-bond acceptors (Lipinski definition) is 7. The highest BCUT2D eigenvalue weighted by Gasteiger charge is 2.29. The minimum atomic E-state index is -1.41. The average Bonchev–Trinajstić information content (AvgIpc) is 3.73. The lowest BCUT2D eigenvalue weighted by Crippen LogP contribution is -2.16. The van der Waals surface area contributed by atoms with Crippen molar-refractivity contribution in [3.8, 4) is 16.9 Å². The van der Waals surface area contributed by atoms with Crippen LogP contribution in [0.5, 0.6) is 5.75 Å². The van der Waals surface area contributed by atoms with Gasteiger partial charge in [0.25, 0.3) is 0 Å². The van der Waals surface area contributed by atoms with Crippen molar-refractivity contribution in [3.63, 3.8) is 0 Å². The van der Waals surface area contributed by atoms with Crippen molar-refractivity contribution in [2.45, 2.75) is 57.7 Å². The van der Waals surface area contributed by atoms with Gasteiger partial charge in [0.1, 0.15) is 34.5 Å². The maximum absolute atomic E-state index is 14.4. The van der Waals surface area contributed by atoms with Gasteiger partial charge in [-0.1, -0.05) is 17.7 Å². The molecule has 8 bridgehead atoms. The van der Waals surface area contributed by atoms with Crippen LogP contribution in [-0.2, 0) is 65.1 Å². The molecule has 7 rings (SSSR count). The Morgan fingerprint density at radius 1 is 1.06 bits per heavy atom. The largest absolute Gasteiger partial charge is 0.616 e. The Labute approximate surface area is 320 Å². The molecule has 0 radical (unpaired) electrons. The number of fused-ring (bicyclic) bond motifs is 8. The number of benzene rings is 3. The number of methoxy groups -OCH3 is 1. The van der Waals surface area contributed by atoms with Crippen LogP contribution in [0.3, 0.4) is 0 Å². The van der Waals surface area contributed by atoms with Gasteiger partial charge in [0, 0.05) is 58.8 Å². The van der Waals surface area contributed by atoms with Crippen molar-refractivity contribution < 1.29 is 33.1 Å². The second-order valence-corrected chi connectivity index (χ2v) is 15.5. The summed E-state index contributed by atoms with van der Waals surface area (Å²) in [5.74, 6) is -0.376. The average molecular weight is 776 g/mol. The molecule has 54 heavy (non-hydrogen) atoms. The van der Waals surface area contributed by atoms with E-state index < -0.39 is 17.1 Å². The minimum absolute atomic E-state index is 0.159. The molecular weight excluding hydrogens is 733 g/mol. The molecule has 1 aliphatic heterocycles. The van der Waals surface area contributed by atoms with Gasteiger partial charge in [-0.3, -0.25) is 9.36 Å². The van der Waals surface area contributed by atoms with Crippen molar-refractivity contribution in [3.05, 3.63) is 99.0 Å². The van der Waals surface area contributed by atoms with Crippen LogP contribution in [0, 0.1) is 19.7 Å². The smallest absolute Gasteiger partial charge is 0.352 e. The summed E-state index contributed by atoms with van der Waals surface area (Å²) in [5, 5.41) is 22.8. The quantitative estimate of drug-likeness (QED) is 0.134. The minimum Gasteiger partial charge on any atom is -0.616 e. The molecule has 4 heterocycles. The molecule has 0 spiro atoms. The second-order valence-electron chi connectivity index (χ2n) is 13.6. The number of ether oxygens (including phenoxy) is 3. The van der Waals surface area contributed by atoms with Gasteiger partial charge in [-0.15, -0.1) is 0 Å². The number of halogens is 2. The van der Waals surface area contributed by atoms with Crippen molar-refractivity contribution >= 4 is 50.4 Å². The van der Waals surface area contributed by atoms with Crippen LogP contribution < -0.4 is 4.74 Å². The molecule has 0 unspecified atom stereocenters. The monoisotopic (exact) mass is 775 g/mol. The Morgan fingerprint density at radius 3 is 2.69 bits per heavy atom. The Morgan fingerprint density at radius 2 is 1.89 bits per heavy atom. The first-order valence-electron chi connectivity index (χ1n) is 17.9. The lowest BCUT2D eigenvalue weighted by atomic mass is 9.97. The standard InChI is InChI=1S/C40H43ClFN5O6S/c1-24-36-33-11-10-32(41)38(36)37-25(2)43-47(13-15-52-17-16-51-4)34(37)23-54(50)22-29-21-30(45(3)44-29)8-6-26-18-27-20-28(42)7-9-31(27)35(19-26)53-14-5-12-46(33)39(24)40(48)49/h7,9-11,18-21H,5-6,8,12-17,22-23H2,1-4H3,(H,48,49)/t54-/m1/s1. The zero-order valence-electron chi connectivity index (χ0n) is 30.8. The number of carboxylic acids is 1. The fraction of sp³-hybridized carbons (Fsp3) is 0.375. The van der Waals surface area contributed by atoms with Crippen LogP contribution in [0.2, 0.25) is 5.02 Å². The first-order valence-corrected chi connectivity index (χ1v) is 19.8. The summed E-state index contributed by atoms with van der Waals surface area (Å²) in [7, 11) is 3.50. The molecule has 0 fully saturated rings. The maximum Gasteiger partial charge on any atom is 0.352 e. The summed E-state index contributed by atoms with van der Waals surface area (Å²) in [5.41, 5.74) is 6.88. The number of aromatic carboxylic acids is 1. The lowest BCUT2D eigenvalue weighted by molar-refractivity contribution is 0.0651. The molecular formula is C40H43ClFN5O6S. The number of aromatic nitrogens is 5. The van der Waals surface area contributed by atoms with Crippen LogP contribution in [0.1, 0.15) is 50.8 Å². The number of carbonyl (C=O) groups is 1. The number of hydrogen-bond donors (Lipinski definition) is 1. The SMILES string of the molecule is COCCOCCn1nc(C)c2c1C[S@+]([O-])Cc1cc(n(C)n1)CCc1cc(c3ccc(F)cc3c1)OCCCn1c(C(=O)O)c(C)c3c-2c(Cl)ccc31. The third kappa shape index (κ3) is 7.60. The van der Waals surface area contributed by atoms with E-state index in [1.165, 1.54) is 12.1 Å². The molecule has 3 aromatic carbocycles. The molecule has 0 aliphatic carbocycles. The molecule has 1 aliphatic rings.